The minimum atomic E-state index is -1.01. The Hall–Kier alpha value is -4.34. The summed E-state index contributed by atoms with van der Waals surface area (Å²) < 4.78 is 18.5. The number of amides is 2. The zero-order valence-electron chi connectivity index (χ0n) is 21.9. The predicted octanol–water partition coefficient (Wildman–Crippen LogP) is 4.14. The van der Waals surface area contributed by atoms with E-state index in [9.17, 15) is 9.59 Å². The molecule has 0 aliphatic carbocycles. The van der Waals surface area contributed by atoms with Crippen LogP contribution in [-0.4, -0.2) is 44.0 Å². The van der Waals surface area contributed by atoms with Crippen LogP contribution in [0, 0.1) is 6.92 Å². The maximum Gasteiger partial charge on any atom is 0.251 e. The molecule has 1 atom stereocenters. The molecule has 2 aromatic heterocycles. The molecule has 0 saturated heterocycles. The molecule has 10 nitrogen and oxygen atoms in total. The smallest absolute Gasteiger partial charge is 0.251 e. The number of benzene rings is 2. The number of furan rings is 1. The fourth-order valence-electron chi connectivity index (χ4n) is 4.33. The van der Waals surface area contributed by atoms with Crippen LogP contribution in [0.2, 0.25) is 0 Å². The van der Waals surface area contributed by atoms with Gasteiger partial charge in [0.15, 0.2) is 17.5 Å². The minimum Gasteiger partial charge on any atom is -0.464 e. The normalized spacial score (nSPS) is 13.5. The van der Waals surface area contributed by atoms with Crippen LogP contribution in [0.5, 0.6) is 11.5 Å². The van der Waals surface area contributed by atoms with Crippen molar-refractivity contribution in [1.29, 1.82) is 0 Å². The number of carbonyl (C=O) groups excluding carboxylic acids is 2. The summed E-state index contributed by atoms with van der Waals surface area (Å²) in [6.07, 6.45) is 0.712. The lowest BCUT2D eigenvalue weighted by Gasteiger charge is -2.33. The number of hydrogen-bond acceptors (Lipinski definition) is 7. The van der Waals surface area contributed by atoms with Crippen LogP contribution in [0.25, 0.3) is 11.0 Å². The van der Waals surface area contributed by atoms with Crippen LogP contribution < -0.4 is 14.8 Å². The molecule has 0 fully saturated rings. The molecular weight excluding hydrogens is 486 g/mol. The highest BCUT2D eigenvalue weighted by molar-refractivity contribution is 5.89. The second-order valence-electron chi connectivity index (χ2n) is 10.0. The molecule has 4 aromatic rings. The highest BCUT2D eigenvalue weighted by Gasteiger charge is 2.36. The number of hydrogen-bond donors (Lipinski definition) is 1. The summed E-state index contributed by atoms with van der Waals surface area (Å²) in [7, 11) is 0. The molecule has 3 heterocycles. The number of fused-ring (bicyclic) bond motifs is 2. The summed E-state index contributed by atoms with van der Waals surface area (Å²) in [6.45, 7) is 7.86. The molecule has 198 valence electrons. The zero-order valence-corrected chi connectivity index (χ0v) is 21.9. The van der Waals surface area contributed by atoms with Gasteiger partial charge in [0.25, 0.3) is 5.91 Å². The lowest BCUT2D eigenvalue weighted by Crippen LogP contribution is -2.50. The Morgan fingerprint density at radius 2 is 1.89 bits per heavy atom. The predicted molar refractivity (Wildman–Crippen MR) is 139 cm³/mol. The van der Waals surface area contributed by atoms with Crippen molar-refractivity contribution in [2.75, 3.05) is 6.79 Å². The third kappa shape index (κ3) is 5.20. The van der Waals surface area contributed by atoms with Crippen LogP contribution in [0.15, 0.2) is 59.0 Å². The Morgan fingerprint density at radius 1 is 1.11 bits per heavy atom. The lowest BCUT2D eigenvalue weighted by molar-refractivity contribution is -0.143. The van der Waals surface area contributed by atoms with E-state index in [0.29, 0.717) is 35.0 Å². The fourth-order valence-corrected chi connectivity index (χ4v) is 4.33. The highest BCUT2D eigenvalue weighted by atomic mass is 16.7. The van der Waals surface area contributed by atoms with Gasteiger partial charge in [-0.05, 0) is 69.2 Å². The third-order valence-electron chi connectivity index (χ3n) is 6.75. The van der Waals surface area contributed by atoms with E-state index in [-0.39, 0.29) is 31.7 Å². The van der Waals surface area contributed by atoms with Crippen molar-refractivity contribution in [1.82, 2.24) is 25.2 Å². The Morgan fingerprint density at radius 3 is 2.66 bits per heavy atom. The molecule has 1 N–H and O–H groups in total. The molecule has 0 unspecified atom stereocenters. The van der Waals surface area contributed by atoms with E-state index in [0.717, 1.165) is 11.1 Å². The van der Waals surface area contributed by atoms with Gasteiger partial charge in [0, 0.05) is 12.1 Å². The first kappa shape index (κ1) is 25.3. The molecule has 10 heteroatoms. The molecule has 38 heavy (non-hydrogen) atoms. The van der Waals surface area contributed by atoms with Crippen molar-refractivity contribution in [3.63, 3.8) is 0 Å². The summed E-state index contributed by atoms with van der Waals surface area (Å²) in [5.74, 6) is 1.61. The molecule has 0 spiro atoms. The first-order chi connectivity index (χ1) is 18.2. The Kier molecular flexibility index (Phi) is 6.79. The van der Waals surface area contributed by atoms with Crippen LogP contribution >= 0.6 is 0 Å². The van der Waals surface area contributed by atoms with Crippen molar-refractivity contribution >= 4 is 22.8 Å². The quantitative estimate of drug-likeness (QED) is 0.355. The van der Waals surface area contributed by atoms with Gasteiger partial charge in [-0.2, -0.15) is 0 Å². The van der Waals surface area contributed by atoms with Crippen LogP contribution in [0.3, 0.4) is 0 Å². The van der Waals surface area contributed by atoms with Crippen LogP contribution in [-0.2, 0) is 22.7 Å². The number of aryl methyl sites for hydroxylation is 1. The summed E-state index contributed by atoms with van der Waals surface area (Å²) in [5.41, 5.74) is 1.71. The van der Waals surface area contributed by atoms with Gasteiger partial charge in [-0.1, -0.05) is 30.3 Å². The van der Waals surface area contributed by atoms with E-state index in [2.05, 4.69) is 15.6 Å². The number of carbonyl (C=O) groups is 2. The van der Waals surface area contributed by atoms with Crippen molar-refractivity contribution in [3.05, 3.63) is 71.7 Å². The number of rotatable bonds is 9. The number of ether oxygens (including phenoxy) is 2. The molecular formula is C28H31N5O5. The van der Waals surface area contributed by atoms with E-state index in [1.165, 1.54) is 4.90 Å². The SMILES string of the molecule is CCC(C)(C)NC(=O)[C@@H](c1ccc(C)o1)N(Cc1ccc2c(c1)OCO2)C(=O)Cn1nnc2ccccc21. The standard InChI is InChI=1S/C28H31N5O5/c1-5-28(3,4)29-27(35)26(23-12-10-18(2)38-23)32(15-19-11-13-22-24(14-19)37-17-36-22)25(34)16-33-21-9-7-6-8-20(21)30-31-33/h6-14,26H,5,15-17H2,1-4H3,(H,29,35)/t26-/m1/s1. The van der Waals surface area contributed by atoms with Gasteiger partial charge >= 0.3 is 0 Å². The van der Waals surface area contributed by atoms with E-state index >= 15 is 0 Å². The van der Waals surface area contributed by atoms with Gasteiger partial charge in [0.1, 0.15) is 23.6 Å². The Labute approximate surface area is 220 Å². The summed E-state index contributed by atoms with van der Waals surface area (Å²) >= 11 is 0. The molecule has 5 rings (SSSR count). The molecule has 2 amide bonds. The summed E-state index contributed by atoms with van der Waals surface area (Å²) in [6, 6.07) is 15.4. The largest absolute Gasteiger partial charge is 0.464 e. The highest BCUT2D eigenvalue weighted by Crippen LogP contribution is 2.34. The van der Waals surface area contributed by atoms with E-state index < -0.39 is 11.6 Å². The van der Waals surface area contributed by atoms with E-state index in [1.54, 1.807) is 29.8 Å². The molecule has 2 aromatic carbocycles. The molecule has 1 aliphatic heterocycles. The van der Waals surface area contributed by atoms with Crippen LogP contribution in [0.4, 0.5) is 0 Å². The maximum atomic E-state index is 14.0. The summed E-state index contributed by atoms with van der Waals surface area (Å²) in [5, 5.41) is 11.4. The monoisotopic (exact) mass is 517 g/mol. The molecule has 0 bridgehead atoms. The van der Waals surface area contributed by atoms with Crippen molar-refractivity contribution < 1.29 is 23.5 Å². The number of aromatic nitrogens is 3. The van der Waals surface area contributed by atoms with E-state index in [1.807, 2.05) is 57.2 Å². The Balaban J connectivity index is 1.54. The van der Waals surface area contributed by atoms with Gasteiger partial charge in [0.2, 0.25) is 12.7 Å². The van der Waals surface area contributed by atoms with Gasteiger partial charge < -0.3 is 24.1 Å². The molecule has 0 saturated carbocycles. The van der Waals surface area contributed by atoms with Gasteiger partial charge in [-0.15, -0.1) is 5.10 Å². The Bertz CT molecular complexity index is 1470. The average Bonchev–Trinajstić information content (AvgIpc) is 3.63. The van der Waals surface area contributed by atoms with Crippen LogP contribution in [0.1, 0.15) is 50.3 Å². The second kappa shape index (κ2) is 10.2. The lowest BCUT2D eigenvalue weighted by atomic mass is 10.0. The van der Waals surface area contributed by atoms with Crippen molar-refractivity contribution in [2.24, 2.45) is 0 Å². The first-order valence-corrected chi connectivity index (χ1v) is 12.6. The van der Waals surface area contributed by atoms with Gasteiger partial charge in [0.05, 0.1) is 5.52 Å². The number of para-hydroxylation sites is 1. The first-order valence-electron chi connectivity index (χ1n) is 12.6. The van der Waals surface area contributed by atoms with E-state index in [4.69, 9.17) is 13.9 Å². The number of nitrogens with one attached hydrogen (secondary N) is 1. The maximum absolute atomic E-state index is 14.0. The third-order valence-corrected chi connectivity index (χ3v) is 6.75. The van der Waals surface area contributed by atoms with Gasteiger partial charge in [-0.25, -0.2) is 4.68 Å². The van der Waals surface area contributed by atoms with Crippen molar-refractivity contribution in [2.45, 2.75) is 58.8 Å². The minimum absolute atomic E-state index is 0.105. The summed E-state index contributed by atoms with van der Waals surface area (Å²) in [4.78, 5) is 29.4. The van der Waals surface area contributed by atoms with Gasteiger partial charge in [-0.3, -0.25) is 9.59 Å². The fraction of sp³-hybridized carbons (Fsp3) is 0.357. The molecule has 0 radical (unpaired) electrons. The topological polar surface area (TPSA) is 112 Å². The zero-order chi connectivity index (χ0) is 26.9. The number of nitrogens with zero attached hydrogens (tertiary/aromatic N) is 4. The average molecular weight is 518 g/mol. The molecule has 1 aliphatic rings. The van der Waals surface area contributed by atoms with Crippen molar-refractivity contribution in [3.8, 4) is 11.5 Å². The second-order valence-corrected chi connectivity index (χ2v) is 10.0.